The summed E-state index contributed by atoms with van der Waals surface area (Å²) in [6.45, 7) is 15.6. The molecule has 0 saturated carbocycles. The molecule has 12 heterocycles. The van der Waals surface area contributed by atoms with Gasteiger partial charge in [-0.05, 0) is 227 Å². The Kier molecular flexibility index (Phi) is 19.0. The minimum absolute atomic E-state index is 0.155. The van der Waals surface area contributed by atoms with Crippen molar-refractivity contribution in [3.63, 3.8) is 0 Å². The van der Waals surface area contributed by atoms with E-state index in [1.165, 1.54) is 43.0 Å². The predicted octanol–water partition coefficient (Wildman–Crippen LogP) is 26.9. The van der Waals surface area contributed by atoms with Crippen LogP contribution in [0.5, 0.6) is 0 Å². The lowest BCUT2D eigenvalue weighted by atomic mass is 9.97. The van der Waals surface area contributed by atoms with Crippen molar-refractivity contribution in [2.45, 2.75) is 122 Å². The average molecular weight is 1640 g/mol. The average Bonchev–Trinajstić information content (AvgIpc) is 1.55. The SMILES string of the molecule is Cc1cccc(-c2ccc(-c3c(C)ccc4c3oc3nc(C)ccc34)[n+](C)c2)c1.[2H]C([2H])([2H])C([2H])(C)Cc1ccc(-c2ccc(-c3c(C)ccc4c3oc3nc(C)ccc34)[n+](C)c2)cc1.[2H]C([2H])([2H])C([2H])(C)Cc1cccc(-c2ccc(-c3c(C)ccc4c3oc3nc(C)ccc34)[n+](C)c2)c1.[2H]C([2H])([2H])C([2H])(C)c1cccc(-c2ccc(-c3c(C)ccc4c3oc3nc(C)ccc34)[n+](C)c2)c1. The number of nitrogens with zero attached hydrogens (tertiary/aromatic N) is 8. The number of benzene rings is 8. The van der Waals surface area contributed by atoms with E-state index in [4.69, 9.17) is 34.1 Å². The molecule has 0 bridgehead atoms. The third kappa shape index (κ3) is 16.5. The van der Waals surface area contributed by atoms with Gasteiger partial charge in [-0.2, -0.15) is 0 Å². The summed E-state index contributed by atoms with van der Waals surface area (Å²) in [4.78, 5) is 18.3. The highest BCUT2D eigenvalue weighted by Gasteiger charge is 2.28. The van der Waals surface area contributed by atoms with E-state index in [2.05, 4.69) is 238 Å². The molecule has 0 amide bonds. The molecule has 20 rings (SSSR count). The summed E-state index contributed by atoms with van der Waals surface area (Å²) in [5.41, 5.74) is 34.3. The van der Waals surface area contributed by atoms with Crippen LogP contribution in [-0.4, -0.2) is 19.9 Å². The zero-order chi connectivity index (χ0) is 96.9. The van der Waals surface area contributed by atoms with E-state index in [1.807, 2.05) is 146 Å². The third-order valence-electron chi connectivity index (χ3n) is 23.4. The first-order chi connectivity index (χ1) is 64.4. The third-order valence-corrected chi connectivity index (χ3v) is 23.4. The van der Waals surface area contributed by atoms with Crippen molar-refractivity contribution in [3.05, 3.63) is 335 Å². The fourth-order valence-corrected chi connectivity index (χ4v) is 17.1. The molecular weight excluding hydrogens is 1520 g/mol. The van der Waals surface area contributed by atoms with Gasteiger partial charge in [0.25, 0.3) is 0 Å². The first kappa shape index (κ1) is 68.8. The maximum Gasteiger partial charge on any atom is 0.227 e. The Balaban J connectivity index is 0.000000126. The van der Waals surface area contributed by atoms with Crippen molar-refractivity contribution < 1.29 is 52.4 Å². The summed E-state index contributed by atoms with van der Waals surface area (Å²) in [6.07, 6.45) is 8.70. The maximum absolute atomic E-state index is 8.44. The van der Waals surface area contributed by atoms with Crippen LogP contribution in [0.25, 0.3) is 178 Å². The Morgan fingerprint density at radius 2 is 0.597 bits per heavy atom. The van der Waals surface area contributed by atoms with E-state index in [9.17, 15) is 0 Å². The number of fused-ring (bicyclic) bond motifs is 12. The Labute approximate surface area is 743 Å². The molecule has 3 unspecified atom stereocenters. The lowest BCUT2D eigenvalue weighted by Gasteiger charge is -2.09. The fourth-order valence-electron chi connectivity index (χ4n) is 17.1. The molecular formula is C112H108N8O4+4. The van der Waals surface area contributed by atoms with Crippen LogP contribution in [0.15, 0.2) is 285 Å². The molecule has 616 valence electrons. The monoisotopic (exact) mass is 1640 g/mol. The first-order valence-corrected chi connectivity index (χ1v) is 41.9. The van der Waals surface area contributed by atoms with Crippen molar-refractivity contribution >= 4 is 88.3 Å². The van der Waals surface area contributed by atoms with Crippen LogP contribution in [0.3, 0.4) is 0 Å². The van der Waals surface area contributed by atoms with Gasteiger partial charge in [0.1, 0.15) is 28.2 Å². The molecule has 12 aromatic heterocycles. The Morgan fingerprint density at radius 3 is 0.935 bits per heavy atom. The lowest BCUT2D eigenvalue weighted by molar-refractivity contribution is -0.660. The minimum atomic E-state index is -2.42. The van der Waals surface area contributed by atoms with E-state index >= 15 is 0 Å². The van der Waals surface area contributed by atoms with Gasteiger partial charge in [-0.1, -0.05) is 192 Å². The zero-order valence-corrected chi connectivity index (χ0v) is 73.0. The van der Waals surface area contributed by atoms with Crippen LogP contribution in [0.4, 0.5) is 0 Å². The quantitative estimate of drug-likeness (QED) is 0.105. The van der Waals surface area contributed by atoms with Gasteiger partial charge in [-0.25, -0.2) is 38.2 Å². The Hall–Kier alpha value is -13.8. The molecule has 0 aliphatic heterocycles. The minimum Gasteiger partial charge on any atom is -0.437 e. The van der Waals surface area contributed by atoms with Gasteiger partial charge in [0.05, 0.1) is 22.3 Å². The second kappa shape index (κ2) is 34.2. The number of pyridine rings is 8. The number of rotatable bonds is 13. The van der Waals surface area contributed by atoms with E-state index in [0.717, 1.165) is 194 Å². The van der Waals surface area contributed by atoms with Crippen molar-refractivity contribution in [3.8, 4) is 89.5 Å². The number of hydrogen-bond donors (Lipinski definition) is 0. The van der Waals surface area contributed by atoms with Crippen LogP contribution >= 0.6 is 0 Å². The van der Waals surface area contributed by atoms with Crippen molar-refractivity contribution in [2.75, 3.05) is 0 Å². The molecule has 20 aromatic rings. The molecule has 0 aliphatic carbocycles. The maximum atomic E-state index is 8.44. The lowest BCUT2D eigenvalue weighted by Crippen LogP contribution is -2.31. The number of aryl methyl sites for hydroxylation is 13. The standard InChI is InChI=1S/2C29H29N2O.C28H27N2O.C26H23N2O/c1-18(2)16-21-8-10-22(11-9-21)23-12-15-26(31(5)17-23)27-19(3)6-13-24-25-14-7-20(4)30-29(25)32-28(24)27;1-18(2)15-21-7-6-8-22(16-21)23-11-14-26(31(5)17-23)27-19(3)9-12-24-25-13-10-20(4)30-29(25)32-28(24)27;1-17(2)20-7-6-8-21(15-20)22-11-14-25(30(5)16-22)26-18(3)9-12-23-24-13-10-19(4)29-28(24)31-27(23)26;1-16-6-5-7-19(14-16)20-10-13-23(28(4)15-20)24-17(2)8-11-21-22-12-9-18(3)27-26(22)29-25(21)24/h6-15,17-18H,16H2,1-5H3;6-14,16-18H,15H2,1-5H3;6-17H,1-5H3;5-15H,1-4H3/q4*+1/i2*1D3,18D;1D3,17D;. The molecule has 12 nitrogen and oxygen atoms in total. The zero-order valence-electron chi connectivity index (χ0n) is 85.0. The molecule has 0 radical (unpaired) electrons. The van der Waals surface area contributed by atoms with E-state index in [-0.39, 0.29) is 12.8 Å². The van der Waals surface area contributed by atoms with Crippen LogP contribution < -0.4 is 18.3 Å². The van der Waals surface area contributed by atoms with E-state index in [1.54, 1.807) is 12.1 Å². The highest BCUT2D eigenvalue weighted by Crippen LogP contribution is 2.43. The topological polar surface area (TPSA) is 120 Å². The first-order valence-electron chi connectivity index (χ1n) is 47.9. The van der Waals surface area contributed by atoms with Crippen molar-refractivity contribution in [1.29, 1.82) is 0 Å². The summed E-state index contributed by atoms with van der Waals surface area (Å²) in [6, 6.07) is 81.5. The molecule has 0 N–H and O–H groups in total. The summed E-state index contributed by atoms with van der Waals surface area (Å²) in [7, 11) is 8.13. The molecule has 0 fully saturated rings. The van der Waals surface area contributed by atoms with Crippen molar-refractivity contribution in [1.82, 2.24) is 19.9 Å². The van der Waals surface area contributed by atoms with Gasteiger partial charge in [0.2, 0.25) is 45.6 Å². The number of furan rings is 4. The van der Waals surface area contributed by atoms with Gasteiger partial charge in [0, 0.05) is 129 Å². The van der Waals surface area contributed by atoms with Crippen LogP contribution in [-0.2, 0) is 41.0 Å². The fraction of sp³-hybridized carbons (Fsp3) is 0.214. The highest BCUT2D eigenvalue weighted by atomic mass is 16.4. The Bertz CT molecular complexity index is 8100. The smallest absolute Gasteiger partial charge is 0.227 e. The van der Waals surface area contributed by atoms with Gasteiger partial charge in [-0.3, -0.25) is 0 Å². The molecule has 12 heteroatoms. The highest BCUT2D eigenvalue weighted by molar-refractivity contribution is 6.12. The predicted molar refractivity (Wildman–Crippen MR) is 508 cm³/mol. The van der Waals surface area contributed by atoms with Gasteiger partial charge in [0.15, 0.2) is 47.1 Å². The van der Waals surface area contributed by atoms with Gasteiger partial charge in [-0.15, -0.1) is 0 Å². The van der Waals surface area contributed by atoms with Crippen LogP contribution in [0, 0.1) is 74.1 Å². The van der Waals surface area contributed by atoms with Gasteiger partial charge < -0.3 is 17.7 Å². The largest absolute Gasteiger partial charge is 0.437 e. The number of aromatic nitrogens is 8. The number of hydrogen-bond acceptors (Lipinski definition) is 8. The molecule has 124 heavy (non-hydrogen) atoms. The molecule has 8 aromatic carbocycles. The molecule has 0 saturated heterocycles. The molecule has 3 atom stereocenters. The Morgan fingerprint density at radius 1 is 0.290 bits per heavy atom. The summed E-state index contributed by atoms with van der Waals surface area (Å²) < 4.78 is 128. The van der Waals surface area contributed by atoms with Crippen LogP contribution in [0.2, 0.25) is 0 Å². The van der Waals surface area contributed by atoms with Gasteiger partial charge >= 0.3 is 0 Å². The normalized spacial score (nSPS) is 14.8. The van der Waals surface area contributed by atoms with Crippen molar-refractivity contribution in [2.24, 2.45) is 40.0 Å². The van der Waals surface area contributed by atoms with Crippen LogP contribution in [0.1, 0.15) is 131 Å². The summed E-state index contributed by atoms with van der Waals surface area (Å²) in [5.74, 6) is -4.76. The van der Waals surface area contributed by atoms with E-state index in [0.29, 0.717) is 28.4 Å². The summed E-state index contributed by atoms with van der Waals surface area (Å²) >= 11 is 0. The summed E-state index contributed by atoms with van der Waals surface area (Å²) in [5, 5.41) is 8.31. The second-order valence-electron chi connectivity index (χ2n) is 33.2. The molecule has 0 aliphatic rings. The van der Waals surface area contributed by atoms with E-state index < -0.39 is 38.2 Å². The molecule has 0 spiro atoms. The second-order valence-corrected chi connectivity index (χ2v) is 33.2.